The summed E-state index contributed by atoms with van der Waals surface area (Å²) in [5.74, 6) is 0.982. The Hall–Kier alpha value is -1.20. The molecular formula is C13H20N4O. The third-order valence-electron chi connectivity index (χ3n) is 3.62. The first-order valence-electron chi connectivity index (χ1n) is 6.77. The van der Waals surface area contributed by atoms with E-state index in [2.05, 4.69) is 27.1 Å². The zero-order valence-electron chi connectivity index (χ0n) is 10.8. The zero-order valence-corrected chi connectivity index (χ0v) is 10.8. The first-order valence-corrected chi connectivity index (χ1v) is 6.77. The Morgan fingerprint density at radius 3 is 2.67 bits per heavy atom. The van der Waals surface area contributed by atoms with Gasteiger partial charge >= 0.3 is 0 Å². The first kappa shape index (κ1) is 11.9. The first-order chi connectivity index (χ1) is 8.85. The number of nitrogens with zero attached hydrogens (tertiary/aromatic N) is 3. The molecule has 1 N–H and O–H groups in total. The van der Waals surface area contributed by atoms with Crippen LogP contribution in [0.15, 0.2) is 12.4 Å². The molecule has 1 aromatic heterocycles. The van der Waals surface area contributed by atoms with Crippen molar-refractivity contribution in [1.82, 2.24) is 15.3 Å². The molecule has 3 rings (SSSR count). The summed E-state index contributed by atoms with van der Waals surface area (Å²) in [5.41, 5.74) is 0.997. The molecule has 2 saturated heterocycles. The van der Waals surface area contributed by atoms with E-state index >= 15 is 0 Å². The SMILES string of the molecule is CCNCc1cnc(N2CC3CCC(C2)O3)cn1. The summed E-state index contributed by atoms with van der Waals surface area (Å²) in [7, 11) is 0. The van der Waals surface area contributed by atoms with Crippen LogP contribution in [0.25, 0.3) is 0 Å². The molecule has 2 bridgehead atoms. The van der Waals surface area contributed by atoms with Gasteiger partial charge in [-0.1, -0.05) is 6.92 Å². The topological polar surface area (TPSA) is 50.3 Å². The van der Waals surface area contributed by atoms with Gasteiger partial charge in [-0.3, -0.25) is 4.98 Å². The van der Waals surface area contributed by atoms with Gasteiger partial charge < -0.3 is 15.0 Å². The highest BCUT2D eigenvalue weighted by Gasteiger charge is 2.34. The summed E-state index contributed by atoms with van der Waals surface area (Å²) in [5, 5.41) is 3.25. The fourth-order valence-electron chi connectivity index (χ4n) is 2.66. The lowest BCUT2D eigenvalue weighted by Gasteiger charge is -2.32. The summed E-state index contributed by atoms with van der Waals surface area (Å²) in [6.45, 7) is 5.75. The largest absolute Gasteiger partial charge is 0.371 e. The van der Waals surface area contributed by atoms with Crippen molar-refractivity contribution < 1.29 is 4.74 Å². The van der Waals surface area contributed by atoms with E-state index in [9.17, 15) is 0 Å². The van der Waals surface area contributed by atoms with Gasteiger partial charge in [0.15, 0.2) is 0 Å². The Morgan fingerprint density at radius 1 is 1.28 bits per heavy atom. The average molecular weight is 248 g/mol. The normalized spacial score (nSPS) is 26.6. The fraction of sp³-hybridized carbons (Fsp3) is 0.692. The Bertz CT molecular complexity index is 382. The molecule has 2 unspecified atom stereocenters. The van der Waals surface area contributed by atoms with Crippen LogP contribution in [0.3, 0.4) is 0 Å². The average Bonchev–Trinajstić information content (AvgIpc) is 2.76. The van der Waals surface area contributed by atoms with Crippen molar-refractivity contribution in [3.63, 3.8) is 0 Å². The Labute approximate surface area is 108 Å². The van der Waals surface area contributed by atoms with Crippen LogP contribution >= 0.6 is 0 Å². The molecule has 1 aromatic rings. The molecule has 0 spiro atoms. The second-order valence-electron chi connectivity index (χ2n) is 5.01. The summed E-state index contributed by atoms with van der Waals surface area (Å²) >= 11 is 0. The minimum absolute atomic E-state index is 0.395. The lowest BCUT2D eigenvalue weighted by atomic mass is 10.2. The van der Waals surface area contributed by atoms with Crippen molar-refractivity contribution >= 4 is 5.82 Å². The van der Waals surface area contributed by atoms with Gasteiger partial charge in [0.1, 0.15) is 5.82 Å². The van der Waals surface area contributed by atoms with E-state index in [4.69, 9.17) is 4.74 Å². The number of hydrogen-bond donors (Lipinski definition) is 1. The van der Waals surface area contributed by atoms with Crippen LogP contribution in [0.1, 0.15) is 25.5 Å². The van der Waals surface area contributed by atoms with Gasteiger partial charge in [0, 0.05) is 19.6 Å². The van der Waals surface area contributed by atoms with Crippen LogP contribution in [-0.4, -0.2) is 41.8 Å². The summed E-state index contributed by atoms with van der Waals surface area (Å²) in [4.78, 5) is 11.3. The second kappa shape index (κ2) is 5.20. The van der Waals surface area contributed by atoms with Crippen molar-refractivity contribution in [2.45, 2.75) is 38.5 Å². The minimum Gasteiger partial charge on any atom is -0.371 e. The van der Waals surface area contributed by atoms with Crippen molar-refractivity contribution in [1.29, 1.82) is 0 Å². The number of morpholine rings is 1. The van der Waals surface area contributed by atoms with Gasteiger partial charge in [0.05, 0.1) is 30.3 Å². The van der Waals surface area contributed by atoms with Crippen LogP contribution in [0.5, 0.6) is 0 Å². The molecule has 2 aliphatic rings. The van der Waals surface area contributed by atoms with Crippen molar-refractivity contribution in [3.05, 3.63) is 18.1 Å². The van der Waals surface area contributed by atoms with Crippen LogP contribution in [0.2, 0.25) is 0 Å². The van der Waals surface area contributed by atoms with Gasteiger partial charge in [-0.15, -0.1) is 0 Å². The molecule has 0 amide bonds. The fourth-order valence-corrected chi connectivity index (χ4v) is 2.66. The highest BCUT2D eigenvalue weighted by molar-refractivity contribution is 5.37. The number of hydrogen-bond acceptors (Lipinski definition) is 5. The molecule has 98 valence electrons. The van der Waals surface area contributed by atoms with Crippen LogP contribution < -0.4 is 10.2 Å². The molecular weight excluding hydrogens is 228 g/mol. The lowest BCUT2D eigenvalue weighted by molar-refractivity contribution is 0.0302. The van der Waals surface area contributed by atoms with Crippen molar-refractivity contribution in [2.75, 3.05) is 24.5 Å². The second-order valence-corrected chi connectivity index (χ2v) is 5.01. The van der Waals surface area contributed by atoms with E-state index in [1.54, 1.807) is 0 Å². The van der Waals surface area contributed by atoms with Crippen LogP contribution in [0.4, 0.5) is 5.82 Å². The van der Waals surface area contributed by atoms with Gasteiger partial charge in [-0.05, 0) is 19.4 Å². The third kappa shape index (κ3) is 2.47. The van der Waals surface area contributed by atoms with E-state index in [-0.39, 0.29) is 0 Å². The maximum absolute atomic E-state index is 5.83. The zero-order chi connectivity index (χ0) is 12.4. The maximum atomic E-state index is 5.83. The van der Waals surface area contributed by atoms with E-state index in [1.807, 2.05) is 12.4 Å². The number of ether oxygens (including phenoxy) is 1. The van der Waals surface area contributed by atoms with Gasteiger partial charge in [0.2, 0.25) is 0 Å². The predicted molar refractivity (Wildman–Crippen MR) is 69.5 cm³/mol. The summed E-state index contributed by atoms with van der Waals surface area (Å²) < 4.78 is 5.83. The number of nitrogens with one attached hydrogen (secondary N) is 1. The van der Waals surface area contributed by atoms with Crippen LogP contribution in [-0.2, 0) is 11.3 Å². The molecule has 2 fully saturated rings. The van der Waals surface area contributed by atoms with E-state index < -0.39 is 0 Å². The molecule has 0 aromatic carbocycles. The maximum Gasteiger partial charge on any atom is 0.147 e. The molecule has 2 aliphatic heterocycles. The van der Waals surface area contributed by atoms with Gasteiger partial charge in [0.25, 0.3) is 0 Å². The Kier molecular flexibility index (Phi) is 3.43. The highest BCUT2D eigenvalue weighted by atomic mass is 16.5. The molecule has 2 atom stereocenters. The number of fused-ring (bicyclic) bond motifs is 2. The summed E-state index contributed by atoms with van der Waals surface area (Å²) in [6.07, 6.45) is 6.92. The molecule has 0 radical (unpaired) electrons. The molecule has 0 aliphatic carbocycles. The van der Waals surface area contributed by atoms with Gasteiger partial charge in [-0.25, -0.2) is 4.98 Å². The van der Waals surface area contributed by atoms with E-state index in [0.29, 0.717) is 12.2 Å². The van der Waals surface area contributed by atoms with Gasteiger partial charge in [-0.2, -0.15) is 0 Å². The smallest absolute Gasteiger partial charge is 0.147 e. The van der Waals surface area contributed by atoms with Crippen molar-refractivity contribution in [3.8, 4) is 0 Å². The highest BCUT2D eigenvalue weighted by Crippen LogP contribution is 2.28. The molecule has 18 heavy (non-hydrogen) atoms. The number of aromatic nitrogens is 2. The Balaban J connectivity index is 1.65. The third-order valence-corrected chi connectivity index (χ3v) is 3.62. The quantitative estimate of drug-likeness (QED) is 0.860. The molecule has 5 heteroatoms. The minimum atomic E-state index is 0.395. The number of anilines is 1. The van der Waals surface area contributed by atoms with E-state index in [0.717, 1.165) is 37.7 Å². The summed E-state index contributed by atoms with van der Waals surface area (Å²) in [6, 6.07) is 0. The lowest BCUT2D eigenvalue weighted by Crippen LogP contribution is -2.43. The van der Waals surface area contributed by atoms with Crippen LogP contribution in [0, 0.1) is 0 Å². The van der Waals surface area contributed by atoms with E-state index in [1.165, 1.54) is 12.8 Å². The Morgan fingerprint density at radius 2 is 2.06 bits per heavy atom. The van der Waals surface area contributed by atoms with Crippen molar-refractivity contribution in [2.24, 2.45) is 0 Å². The molecule has 3 heterocycles. The molecule has 5 nitrogen and oxygen atoms in total. The predicted octanol–water partition coefficient (Wildman–Crippen LogP) is 0.954. The number of rotatable bonds is 4. The monoisotopic (exact) mass is 248 g/mol. The standard InChI is InChI=1S/C13H20N4O/c1-2-14-5-10-6-16-13(7-15-10)17-8-11-3-4-12(9-17)18-11/h6-7,11-12,14H,2-5,8-9H2,1H3. The molecule has 0 saturated carbocycles.